The van der Waals surface area contributed by atoms with E-state index in [1.165, 1.54) is 34.6 Å². The number of nitrogens with zero attached hydrogens (tertiary/aromatic N) is 4. The summed E-state index contributed by atoms with van der Waals surface area (Å²) in [5.74, 6) is -0.0411. The number of piperidine rings is 1. The van der Waals surface area contributed by atoms with Crippen LogP contribution in [0.25, 0.3) is 5.65 Å². The molecule has 0 unspecified atom stereocenters. The van der Waals surface area contributed by atoms with Crippen molar-refractivity contribution in [1.82, 2.24) is 25.2 Å². The molecule has 2 fully saturated rings. The molecule has 10 heteroatoms. The monoisotopic (exact) mass is 472 g/mol. The molecule has 0 aliphatic carbocycles. The number of alkyl halides is 1. The number of thioether (sulfide) groups is 1. The molecule has 7 nitrogen and oxygen atoms in total. The van der Waals surface area contributed by atoms with Crippen LogP contribution in [-0.2, 0) is 0 Å². The molecular weight excluding hydrogens is 446 g/mol. The Morgan fingerprint density at radius 1 is 1.24 bits per heavy atom. The number of aromatic nitrogens is 3. The van der Waals surface area contributed by atoms with E-state index in [-0.39, 0.29) is 36.8 Å². The molecule has 4 heterocycles. The van der Waals surface area contributed by atoms with E-state index >= 15 is 0 Å². The van der Waals surface area contributed by atoms with Gasteiger partial charge < -0.3 is 15.5 Å². The van der Waals surface area contributed by atoms with Gasteiger partial charge in [0.2, 0.25) is 0 Å². The molecule has 2 aliphatic rings. The minimum atomic E-state index is -1.06. The van der Waals surface area contributed by atoms with Crippen LogP contribution >= 0.6 is 11.8 Å². The predicted molar refractivity (Wildman–Crippen MR) is 124 cm³/mol. The highest BCUT2D eigenvalue weighted by Gasteiger charge is 2.35. The van der Waals surface area contributed by atoms with Crippen LogP contribution in [0.1, 0.15) is 41.4 Å². The molecule has 5 rings (SSSR count). The summed E-state index contributed by atoms with van der Waals surface area (Å²) in [7, 11) is 0. The summed E-state index contributed by atoms with van der Waals surface area (Å²) in [6.07, 6.45) is 4.34. The molecule has 1 amide bonds. The molecule has 2 aliphatic heterocycles. The first-order valence-electron chi connectivity index (χ1n) is 11.1. The van der Waals surface area contributed by atoms with Crippen LogP contribution in [0.15, 0.2) is 41.4 Å². The molecule has 2 N–H and O–H groups in total. The van der Waals surface area contributed by atoms with Crippen molar-refractivity contribution in [2.45, 2.75) is 42.4 Å². The van der Waals surface area contributed by atoms with E-state index in [4.69, 9.17) is 0 Å². The van der Waals surface area contributed by atoms with Gasteiger partial charge in [-0.25, -0.2) is 18.3 Å². The van der Waals surface area contributed by atoms with Gasteiger partial charge in [0, 0.05) is 17.4 Å². The van der Waals surface area contributed by atoms with E-state index in [9.17, 15) is 13.6 Å². The SMILES string of the molecule is CSc1cc(F)cc([C@H]2C[C@H](F)CN2c2ccc3ncc(C(=O)NC4CCNCC4)n3n2)c1. The molecule has 0 bridgehead atoms. The third-order valence-corrected chi connectivity index (χ3v) is 7.02. The number of benzene rings is 1. The predicted octanol–water partition coefficient (Wildman–Crippen LogP) is 3.36. The van der Waals surface area contributed by atoms with Crippen LogP contribution in [0, 0.1) is 5.82 Å². The van der Waals surface area contributed by atoms with Gasteiger partial charge in [-0.3, -0.25) is 4.79 Å². The molecule has 174 valence electrons. The smallest absolute Gasteiger partial charge is 0.271 e. The molecule has 2 aromatic heterocycles. The summed E-state index contributed by atoms with van der Waals surface area (Å²) in [6, 6.07) is 8.15. The first kappa shape index (κ1) is 22.1. The lowest BCUT2D eigenvalue weighted by Gasteiger charge is -2.26. The maximum Gasteiger partial charge on any atom is 0.271 e. The van der Waals surface area contributed by atoms with Crippen molar-refractivity contribution in [2.24, 2.45) is 0 Å². The van der Waals surface area contributed by atoms with Crippen molar-refractivity contribution in [1.29, 1.82) is 0 Å². The van der Waals surface area contributed by atoms with Crippen molar-refractivity contribution in [3.8, 4) is 0 Å². The van der Waals surface area contributed by atoms with Crippen molar-refractivity contribution in [3.63, 3.8) is 0 Å². The van der Waals surface area contributed by atoms with E-state index < -0.39 is 6.17 Å². The fraction of sp³-hybridized carbons (Fsp3) is 0.435. The zero-order valence-electron chi connectivity index (χ0n) is 18.3. The summed E-state index contributed by atoms with van der Waals surface area (Å²) >= 11 is 1.45. The number of imidazole rings is 1. The van der Waals surface area contributed by atoms with Gasteiger partial charge >= 0.3 is 0 Å². The third-order valence-electron chi connectivity index (χ3n) is 6.31. The van der Waals surface area contributed by atoms with Crippen molar-refractivity contribution >= 4 is 29.1 Å². The van der Waals surface area contributed by atoms with Crippen LogP contribution < -0.4 is 15.5 Å². The maximum absolute atomic E-state index is 14.5. The number of carbonyl (C=O) groups excluding carboxylic acids is 1. The number of carbonyl (C=O) groups is 1. The second-order valence-corrected chi connectivity index (χ2v) is 9.41. The van der Waals surface area contributed by atoms with E-state index in [1.54, 1.807) is 12.1 Å². The Balaban J connectivity index is 1.45. The topological polar surface area (TPSA) is 74.6 Å². The van der Waals surface area contributed by atoms with Crippen molar-refractivity contribution in [2.75, 3.05) is 30.8 Å². The summed E-state index contributed by atoms with van der Waals surface area (Å²) < 4.78 is 30.2. The fourth-order valence-electron chi connectivity index (χ4n) is 4.65. The number of anilines is 1. The van der Waals surface area contributed by atoms with E-state index in [1.807, 2.05) is 17.2 Å². The standard InChI is InChI=1S/C23H26F2N6OS/c1-33-18-9-14(8-15(24)10-18)19-11-16(25)13-30(19)22-3-2-21-27-12-20(31(21)29-22)23(32)28-17-4-6-26-7-5-17/h2-3,8-10,12,16-17,19,26H,4-7,11,13H2,1H3,(H,28,32)/t16-,19+/m0/s1. The fourth-order valence-corrected chi connectivity index (χ4v) is 5.13. The first-order chi connectivity index (χ1) is 16.0. The van der Waals surface area contributed by atoms with Gasteiger partial charge in [0.1, 0.15) is 17.8 Å². The van der Waals surface area contributed by atoms with Crippen LogP contribution in [0.5, 0.6) is 0 Å². The average molecular weight is 473 g/mol. The molecule has 0 spiro atoms. The lowest BCUT2D eigenvalue weighted by Crippen LogP contribution is -2.43. The number of halogens is 2. The van der Waals surface area contributed by atoms with Gasteiger partial charge in [0.05, 0.1) is 18.8 Å². The Bertz CT molecular complexity index is 1170. The van der Waals surface area contributed by atoms with E-state index in [0.29, 0.717) is 17.2 Å². The number of fused-ring (bicyclic) bond motifs is 1. The van der Waals surface area contributed by atoms with Gasteiger partial charge in [0.15, 0.2) is 11.3 Å². The Hall–Kier alpha value is -2.72. The minimum absolute atomic E-state index is 0.112. The lowest BCUT2D eigenvalue weighted by molar-refractivity contribution is 0.0922. The minimum Gasteiger partial charge on any atom is -0.348 e. The van der Waals surface area contributed by atoms with Crippen LogP contribution in [0.2, 0.25) is 0 Å². The van der Waals surface area contributed by atoms with E-state index in [0.717, 1.165) is 36.4 Å². The molecule has 3 aromatic rings. The van der Waals surface area contributed by atoms with Gasteiger partial charge in [-0.1, -0.05) is 0 Å². The molecule has 1 aromatic carbocycles. The number of hydrogen-bond acceptors (Lipinski definition) is 6. The average Bonchev–Trinajstić information content (AvgIpc) is 3.42. The van der Waals surface area contributed by atoms with Crippen molar-refractivity contribution < 1.29 is 13.6 Å². The highest BCUT2D eigenvalue weighted by molar-refractivity contribution is 7.98. The molecule has 2 atom stereocenters. The highest BCUT2D eigenvalue weighted by atomic mass is 32.2. The van der Waals surface area contributed by atoms with Crippen LogP contribution in [0.3, 0.4) is 0 Å². The third kappa shape index (κ3) is 4.54. The highest BCUT2D eigenvalue weighted by Crippen LogP contribution is 2.38. The molecule has 33 heavy (non-hydrogen) atoms. The van der Waals surface area contributed by atoms with Crippen LogP contribution in [0.4, 0.5) is 14.6 Å². The van der Waals surface area contributed by atoms with Gasteiger partial charge in [-0.2, -0.15) is 0 Å². The number of rotatable bonds is 5. The summed E-state index contributed by atoms with van der Waals surface area (Å²) in [5, 5.41) is 11.0. The normalized spacial score (nSPS) is 21.6. The quantitative estimate of drug-likeness (QED) is 0.555. The molecular formula is C23H26F2N6OS. The Morgan fingerprint density at radius 2 is 2.06 bits per heavy atom. The Labute approximate surface area is 194 Å². The summed E-state index contributed by atoms with van der Waals surface area (Å²) in [4.78, 5) is 19.9. The molecule has 0 radical (unpaired) electrons. The molecule has 2 saturated heterocycles. The Kier molecular flexibility index (Phi) is 6.20. The zero-order chi connectivity index (χ0) is 22.9. The lowest BCUT2D eigenvalue weighted by atomic mass is 10.0. The summed E-state index contributed by atoms with van der Waals surface area (Å²) in [5.41, 5.74) is 1.60. The van der Waals surface area contributed by atoms with Gasteiger partial charge in [0.25, 0.3) is 5.91 Å². The largest absolute Gasteiger partial charge is 0.348 e. The second-order valence-electron chi connectivity index (χ2n) is 8.53. The Morgan fingerprint density at radius 3 is 2.85 bits per heavy atom. The first-order valence-corrected chi connectivity index (χ1v) is 12.4. The maximum atomic E-state index is 14.5. The second kappa shape index (κ2) is 9.26. The number of nitrogens with one attached hydrogen (secondary N) is 2. The molecule has 0 saturated carbocycles. The van der Waals surface area contributed by atoms with Gasteiger partial charge in [-0.15, -0.1) is 16.9 Å². The van der Waals surface area contributed by atoms with Crippen LogP contribution in [-0.4, -0.2) is 58.6 Å². The number of amides is 1. The number of hydrogen-bond donors (Lipinski definition) is 2. The van der Waals surface area contributed by atoms with Gasteiger partial charge in [-0.05, 0) is 68.1 Å². The zero-order valence-corrected chi connectivity index (χ0v) is 19.1. The van der Waals surface area contributed by atoms with E-state index in [2.05, 4.69) is 20.7 Å². The van der Waals surface area contributed by atoms with Crippen molar-refractivity contribution in [3.05, 3.63) is 53.6 Å². The summed E-state index contributed by atoms with van der Waals surface area (Å²) in [6.45, 7) is 1.90.